The molecule has 1 aliphatic heterocycles. The third-order valence-electron chi connectivity index (χ3n) is 2.98. The predicted octanol–water partition coefficient (Wildman–Crippen LogP) is 1.26. The number of hydrogen-bond donors (Lipinski definition) is 1. The maximum Gasteiger partial charge on any atom is 0.0682 e. The van der Waals surface area contributed by atoms with Crippen LogP contribution in [0.15, 0.2) is 0 Å². The lowest BCUT2D eigenvalue weighted by atomic mass is 10.1. The molecule has 0 radical (unpaired) electrons. The van der Waals surface area contributed by atoms with Gasteiger partial charge in [0.05, 0.1) is 12.7 Å². The molecule has 0 unspecified atom stereocenters. The van der Waals surface area contributed by atoms with Crippen LogP contribution in [0.5, 0.6) is 0 Å². The summed E-state index contributed by atoms with van der Waals surface area (Å²) in [6, 6.07) is 0.583. The summed E-state index contributed by atoms with van der Waals surface area (Å²) >= 11 is 0. The number of likely N-dealkylation sites (tertiary alicyclic amines) is 1. The molecular weight excluding hydrogens is 178 g/mol. The van der Waals surface area contributed by atoms with Crippen molar-refractivity contribution in [2.75, 3.05) is 26.8 Å². The van der Waals surface area contributed by atoms with Crippen molar-refractivity contribution < 1.29 is 9.84 Å². The first-order valence-corrected chi connectivity index (χ1v) is 5.69. The summed E-state index contributed by atoms with van der Waals surface area (Å²) < 4.78 is 5.07. The number of ether oxygens (including phenoxy) is 1. The average Bonchev–Trinajstić information content (AvgIpc) is 2.52. The SMILES string of the molecule is CCCC[C@H]1C[C@@H](O)CN1CCOC. The number of aliphatic hydroxyl groups is 1. The molecule has 1 rings (SSSR count). The van der Waals surface area contributed by atoms with Crippen molar-refractivity contribution >= 4 is 0 Å². The van der Waals surface area contributed by atoms with Gasteiger partial charge in [-0.05, 0) is 12.8 Å². The van der Waals surface area contributed by atoms with Crippen LogP contribution in [-0.2, 0) is 4.74 Å². The second-order valence-corrected chi connectivity index (χ2v) is 4.17. The lowest BCUT2D eigenvalue weighted by Gasteiger charge is -2.23. The van der Waals surface area contributed by atoms with Gasteiger partial charge in [0.25, 0.3) is 0 Å². The van der Waals surface area contributed by atoms with E-state index in [-0.39, 0.29) is 6.10 Å². The van der Waals surface area contributed by atoms with Gasteiger partial charge in [0.2, 0.25) is 0 Å². The molecule has 1 saturated heterocycles. The van der Waals surface area contributed by atoms with E-state index in [9.17, 15) is 5.11 Å². The zero-order chi connectivity index (χ0) is 10.4. The third-order valence-corrected chi connectivity index (χ3v) is 2.98. The molecule has 84 valence electrons. The van der Waals surface area contributed by atoms with Crippen molar-refractivity contribution in [1.82, 2.24) is 4.90 Å². The first-order chi connectivity index (χ1) is 6.77. The maximum absolute atomic E-state index is 9.59. The highest BCUT2D eigenvalue weighted by molar-refractivity contribution is 4.84. The number of rotatable bonds is 6. The molecule has 1 heterocycles. The van der Waals surface area contributed by atoms with Gasteiger partial charge >= 0.3 is 0 Å². The van der Waals surface area contributed by atoms with E-state index in [1.54, 1.807) is 7.11 Å². The standard InChI is InChI=1S/C11H23NO2/c1-3-4-5-10-8-11(13)9-12(10)6-7-14-2/h10-11,13H,3-9H2,1-2H3/t10-,11+/m0/s1. The minimum atomic E-state index is -0.117. The van der Waals surface area contributed by atoms with Gasteiger partial charge in [-0.1, -0.05) is 19.8 Å². The van der Waals surface area contributed by atoms with Crippen LogP contribution in [0.3, 0.4) is 0 Å². The van der Waals surface area contributed by atoms with Gasteiger partial charge in [-0.25, -0.2) is 0 Å². The molecule has 0 aromatic heterocycles. The van der Waals surface area contributed by atoms with E-state index in [0.717, 1.165) is 26.1 Å². The molecule has 0 spiro atoms. The largest absolute Gasteiger partial charge is 0.392 e. The van der Waals surface area contributed by atoms with Crippen molar-refractivity contribution in [3.63, 3.8) is 0 Å². The second-order valence-electron chi connectivity index (χ2n) is 4.17. The summed E-state index contributed by atoms with van der Waals surface area (Å²) in [4.78, 5) is 2.36. The van der Waals surface area contributed by atoms with Crippen molar-refractivity contribution in [1.29, 1.82) is 0 Å². The molecule has 0 bridgehead atoms. The molecule has 2 atom stereocenters. The van der Waals surface area contributed by atoms with Crippen molar-refractivity contribution in [2.24, 2.45) is 0 Å². The van der Waals surface area contributed by atoms with Gasteiger partial charge in [-0.2, -0.15) is 0 Å². The monoisotopic (exact) mass is 201 g/mol. The third kappa shape index (κ3) is 3.56. The topological polar surface area (TPSA) is 32.7 Å². The maximum atomic E-state index is 9.59. The quantitative estimate of drug-likeness (QED) is 0.702. The Balaban J connectivity index is 2.29. The molecular formula is C11H23NO2. The summed E-state index contributed by atoms with van der Waals surface area (Å²) in [5.74, 6) is 0. The number of unbranched alkanes of at least 4 members (excludes halogenated alkanes) is 1. The van der Waals surface area contributed by atoms with E-state index >= 15 is 0 Å². The van der Waals surface area contributed by atoms with Crippen LogP contribution in [0.4, 0.5) is 0 Å². The predicted molar refractivity (Wildman–Crippen MR) is 57.4 cm³/mol. The lowest BCUT2D eigenvalue weighted by molar-refractivity contribution is 0.128. The van der Waals surface area contributed by atoms with E-state index in [1.165, 1.54) is 19.3 Å². The Morgan fingerprint density at radius 2 is 2.29 bits per heavy atom. The number of nitrogens with zero attached hydrogens (tertiary/aromatic N) is 1. The fourth-order valence-electron chi connectivity index (χ4n) is 2.18. The number of aliphatic hydroxyl groups excluding tert-OH is 1. The summed E-state index contributed by atoms with van der Waals surface area (Å²) in [6.45, 7) is 4.78. The Bertz CT molecular complexity index is 136. The van der Waals surface area contributed by atoms with E-state index in [2.05, 4.69) is 11.8 Å². The number of methoxy groups -OCH3 is 1. The second kappa shape index (κ2) is 6.38. The summed E-state index contributed by atoms with van der Waals surface area (Å²) in [6.07, 6.45) is 4.56. The van der Waals surface area contributed by atoms with Crippen LogP contribution < -0.4 is 0 Å². The van der Waals surface area contributed by atoms with Gasteiger partial charge < -0.3 is 9.84 Å². The number of β-amino-alcohol motifs (C(OH)–C–C–N with tert-alkyl or cyclic N) is 1. The summed E-state index contributed by atoms with van der Waals surface area (Å²) in [5.41, 5.74) is 0. The molecule has 3 nitrogen and oxygen atoms in total. The molecule has 1 aliphatic rings. The number of hydrogen-bond acceptors (Lipinski definition) is 3. The molecule has 0 aliphatic carbocycles. The van der Waals surface area contributed by atoms with E-state index in [4.69, 9.17) is 4.74 Å². The highest BCUT2D eigenvalue weighted by Gasteiger charge is 2.29. The lowest BCUT2D eigenvalue weighted by Crippen LogP contribution is -2.32. The fraction of sp³-hybridized carbons (Fsp3) is 1.00. The van der Waals surface area contributed by atoms with Crippen LogP contribution in [-0.4, -0.2) is 49.0 Å². The van der Waals surface area contributed by atoms with Crippen LogP contribution in [0.1, 0.15) is 32.6 Å². The summed E-state index contributed by atoms with van der Waals surface area (Å²) in [7, 11) is 1.73. The molecule has 14 heavy (non-hydrogen) atoms. The molecule has 3 heteroatoms. The Hall–Kier alpha value is -0.120. The first-order valence-electron chi connectivity index (χ1n) is 5.69. The van der Waals surface area contributed by atoms with Gasteiger partial charge in [0.15, 0.2) is 0 Å². The average molecular weight is 201 g/mol. The zero-order valence-electron chi connectivity index (χ0n) is 9.41. The zero-order valence-corrected chi connectivity index (χ0v) is 9.41. The van der Waals surface area contributed by atoms with Crippen LogP contribution in [0.25, 0.3) is 0 Å². The molecule has 0 aromatic carbocycles. The van der Waals surface area contributed by atoms with E-state index in [1.807, 2.05) is 0 Å². The van der Waals surface area contributed by atoms with Gasteiger partial charge in [0, 0.05) is 26.2 Å². The van der Waals surface area contributed by atoms with Crippen LogP contribution in [0, 0.1) is 0 Å². The van der Waals surface area contributed by atoms with Crippen molar-refractivity contribution in [3.05, 3.63) is 0 Å². The molecule has 0 amide bonds. The molecule has 0 aromatic rings. The minimum Gasteiger partial charge on any atom is -0.392 e. The van der Waals surface area contributed by atoms with Gasteiger partial charge in [-0.3, -0.25) is 4.90 Å². The normalized spacial score (nSPS) is 28.5. The Morgan fingerprint density at radius 3 is 2.93 bits per heavy atom. The highest BCUT2D eigenvalue weighted by Crippen LogP contribution is 2.21. The van der Waals surface area contributed by atoms with E-state index < -0.39 is 0 Å². The Labute approximate surface area is 87.1 Å². The Morgan fingerprint density at radius 1 is 1.50 bits per heavy atom. The van der Waals surface area contributed by atoms with Crippen LogP contribution >= 0.6 is 0 Å². The Kier molecular flexibility index (Phi) is 5.45. The van der Waals surface area contributed by atoms with Crippen molar-refractivity contribution in [2.45, 2.75) is 44.8 Å². The minimum absolute atomic E-state index is 0.117. The first kappa shape index (κ1) is 12.0. The smallest absolute Gasteiger partial charge is 0.0682 e. The van der Waals surface area contributed by atoms with Gasteiger partial charge in [-0.15, -0.1) is 0 Å². The summed E-state index contributed by atoms with van der Waals surface area (Å²) in [5, 5.41) is 9.59. The molecule has 1 fully saturated rings. The fourth-order valence-corrected chi connectivity index (χ4v) is 2.18. The molecule has 1 N–H and O–H groups in total. The van der Waals surface area contributed by atoms with Gasteiger partial charge in [0.1, 0.15) is 0 Å². The van der Waals surface area contributed by atoms with E-state index in [0.29, 0.717) is 6.04 Å². The highest BCUT2D eigenvalue weighted by atomic mass is 16.5. The molecule has 0 saturated carbocycles. The van der Waals surface area contributed by atoms with Crippen LogP contribution in [0.2, 0.25) is 0 Å². The van der Waals surface area contributed by atoms with Crippen molar-refractivity contribution in [3.8, 4) is 0 Å².